The van der Waals surface area contributed by atoms with Crippen LogP contribution in [0.5, 0.6) is 0 Å². The Labute approximate surface area is 795 Å². The van der Waals surface area contributed by atoms with Crippen LogP contribution in [0.15, 0.2) is 376 Å². The van der Waals surface area contributed by atoms with Crippen LogP contribution in [-0.2, 0) is 21.7 Å². The summed E-state index contributed by atoms with van der Waals surface area (Å²) in [5, 5.41) is 41.3. The Kier molecular flexibility index (Phi) is 18.7. The fourth-order valence-corrected chi connectivity index (χ4v) is 22.4. The van der Waals surface area contributed by atoms with Crippen molar-refractivity contribution in [3.05, 3.63) is 409 Å². The van der Waals surface area contributed by atoms with Gasteiger partial charge >= 0.3 is 0 Å². The fourth-order valence-electron chi connectivity index (χ4n) is 22.4. The van der Waals surface area contributed by atoms with Gasteiger partial charge in [-0.2, -0.15) is 10.5 Å². The lowest BCUT2D eigenvalue weighted by molar-refractivity contribution is 0.590. The third kappa shape index (κ3) is 12.6. The van der Waals surface area contributed by atoms with Crippen LogP contribution in [0, 0.1) is 22.7 Å². The summed E-state index contributed by atoms with van der Waals surface area (Å²) >= 11 is 0. The maximum atomic E-state index is 11.2. The highest BCUT2D eigenvalue weighted by Crippen LogP contribution is 2.52. The van der Waals surface area contributed by atoms with E-state index in [1.807, 2.05) is 6.07 Å². The molecule has 8 aromatic heterocycles. The molecule has 10 heteroatoms. The van der Waals surface area contributed by atoms with Crippen molar-refractivity contribution in [2.75, 3.05) is 0 Å². The van der Waals surface area contributed by atoms with Gasteiger partial charge in [0.1, 0.15) is 12.1 Å². The summed E-state index contributed by atoms with van der Waals surface area (Å²) in [6.45, 7) is 27.3. The molecule has 0 amide bonds. The van der Waals surface area contributed by atoms with Gasteiger partial charge in [-0.05, 0) is 226 Å². The van der Waals surface area contributed by atoms with Gasteiger partial charge in [0.25, 0.3) is 0 Å². The average Bonchev–Trinajstić information content (AvgIpc) is 1.52. The quantitative estimate of drug-likeness (QED) is 0.152. The van der Waals surface area contributed by atoms with E-state index in [9.17, 15) is 10.5 Å². The first-order valence-corrected chi connectivity index (χ1v) is 47.3. The molecule has 0 bridgehead atoms. The third-order valence-electron chi connectivity index (χ3n) is 29.0. The second-order valence-corrected chi connectivity index (χ2v) is 41.1. The molecule has 8 heterocycles. The number of aromatic nitrogens is 8. The van der Waals surface area contributed by atoms with Gasteiger partial charge in [-0.3, -0.25) is 0 Å². The predicted molar refractivity (Wildman–Crippen MR) is 579 cm³/mol. The molecule has 0 N–H and O–H groups in total. The first-order valence-electron chi connectivity index (χ1n) is 47.3. The zero-order valence-electron chi connectivity index (χ0n) is 78.3. The number of hydrogen-bond donors (Lipinski definition) is 0. The minimum absolute atomic E-state index is 0. The van der Waals surface area contributed by atoms with E-state index in [2.05, 4.69) is 502 Å². The van der Waals surface area contributed by atoms with Crippen LogP contribution in [0.4, 0.5) is 0 Å². The normalized spacial score (nSPS) is 12.5. The van der Waals surface area contributed by atoms with E-state index in [4.69, 9.17) is 0 Å². The zero-order chi connectivity index (χ0) is 92.4. The topological polar surface area (TPSA) is 87.0 Å². The molecule has 0 radical (unpaired) electrons. The molecule has 0 spiro atoms. The molecular formula is C127H102N10. The van der Waals surface area contributed by atoms with E-state index >= 15 is 0 Å². The Hall–Kier alpha value is -16.7. The van der Waals surface area contributed by atoms with Crippen LogP contribution in [0.3, 0.4) is 0 Å². The molecule has 0 atom stereocenters. The van der Waals surface area contributed by atoms with Crippen molar-refractivity contribution in [3.63, 3.8) is 0 Å². The van der Waals surface area contributed by atoms with E-state index < -0.39 is 0 Å². The highest BCUT2D eigenvalue weighted by Gasteiger charge is 2.32. The number of rotatable bonds is 8. The van der Waals surface area contributed by atoms with Gasteiger partial charge < -0.3 is 36.5 Å². The summed E-state index contributed by atoms with van der Waals surface area (Å²) in [6.07, 6.45) is 0. The third-order valence-corrected chi connectivity index (χ3v) is 29.0. The smallest absolute Gasteiger partial charge is 0.101 e. The summed E-state index contributed by atoms with van der Waals surface area (Å²) in [5.41, 5.74) is 32.6. The van der Waals surface area contributed by atoms with E-state index in [-0.39, 0.29) is 29.1 Å². The first-order chi connectivity index (χ1) is 66.0. The number of hydrogen-bond acceptors (Lipinski definition) is 2. The van der Waals surface area contributed by atoms with Crippen molar-refractivity contribution in [3.8, 4) is 57.6 Å². The number of para-hydroxylation sites is 8. The summed E-state index contributed by atoms with van der Waals surface area (Å²) in [4.78, 5) is 0. The van der Waals surface area contributed by atoms with Gasteiger partial charge in [0.2, 0.25) is 0 Å². The van der Waals surface area contributed by atoms with Gasteiger partial charge in [-0.15, -0.1) is 0 Å². The molecule has 18 aromatic carbocycles. The van der Waals surface area contributed by atoms with Crippen molar-refractivity contribution >= 4 is 174 Å². The van der Waals surface area contributed by atoms with Gasteiger partial charge in [0.15, 0.2) is 0 Å². The average molecular weight is 1770 g/mol. The highest BCUT2D eigenvalue weighted by atomic mass is 15.1. The molecule has 0 fully saturated rings. The number of nitrogens with zero attached hydrogens (tertiary/aromatic N) is 10. The van der Waals surface area contributed by atoms with Crippen molar-refractivity contribution in [2.45, 2.75) is 112 Å². The Morgan fingerprint density at radius 1 is 0.175 bits per heavy atom. The molecule has 10 nitrogen and oxygen atoms in total. The predicted octanol–water partition coefficient (Wildman–Crippen LogP) is 33.7. The Balaban J connectivity index is 0.000000148. The Morgan fingerprint density at radius 3 is 0.737 bits per heavy atom. The van der Waals surface area contributed by atoms with E-state index in [1.165, 1.54) is 131 Å². The monoisotopic (exact) mass is 1770 g/mol. The standard InChI is InChI=1S/2C63H49N5.CH4/c1-62(2,3)40-25-30-54-49(36-40)50-37-41(63(4,5)6)26-31-55(50)66(54)44-27-32-51(39(35-44)38-64)68-53-24-16-14-22-48(53)59-57(68)34-29-46-45-28-33-56-58(60(45)67(61(46)59)43-19-11-8-12-20-43)47-21-13-15-23-52(47)65(56)42-17-9-7-10-18-42;1-62(2,3)40-26-31-53-49(35-40)50-36-41(63(4,5)6)27-32-54(50)68(53)57-37-44(28-25-39(57)38-64)66-52-24-16-14-22-48(52)59-56(66)34-30-46-45-29-33-55-58(60(45)67(61(46)59)43-19-11-8-12-20-43)47-21-13-15-23-51(47)65(55)42-17-9-7-10-18-42;/h2*7-37H,1-6H3;1H4. The molecule has 26 aromatic rings. The van der Waals surface area contributed by atoms with Crippen molar-refractivity contribution in [2.24, 2.45) is 0 Å². The number of nitriles is 2. The van der Waals surface area contributed by atoms with Crippen LogP contribution < -0.4 is 0 Å². The second-order valence-electron chi connectivity index (χ2n) is 41.1. The number of fused-ring (bicyclic) bond motifs is 28. The molecular weight excluding hydrogens is 1670 g/mol. The summed E-state index contributed by atoms with van der Waals surface area (Å²) in [5.74, 6) is 0. The van der Waals surface area contributed by atoms with Crippen LogP contribution in [0.1, 0.15) is 124 Å². The molecule has 660 valence electrons. The van der Waals surface area contributed by atoms with Crippen LogP contribution in [-0.4, -0.2) is 36.5 Å². The second kappa shape index (κ2) is 30.7. The molecule has 0 saturated heterocycles. The molecule has 0 aliphatic rings. The van der Waals surface area contributed by atoms with Crippen LogP contribution >= 0.6 is 0 Å². The van der Waals surface area contributed by atoms with Gasteiger partial charge in [0, 0.05) is 120 Å². The molecule has 0 unspecified atom stereocenters. The largest absolute Gasteiger partial charge is 0.309 e. The number of benzene rings is 18. The highest BCUT2D eigenvalue weighted by molar-refractivity contribution is 6.34. The minimum atomic E-state index is -0.0246. The van der Waals surface area contributed by atoms with Gasteiger partial charge in [0.05, 0.1) is 111 Å². The first kappa shape index (κ1) is 83.4. The zero-order valence-corrected chi connectivity index (χ0v) is 78.3. The van der Waals surface area contributed by atoms with E-state index in [0.717, 1.165) is 111 Å². The van der Waals surface area contributed by atoms with Gasteiger partial charge in [-0.1, -0.05) is 285 Å². The lowest BCUT2D eigenvalue weighted by Gasteiger charge is -2.19. The minimum Gasteiger partial charge on any atom is -0.309 e. The van der Waals surface area contributed by atoms with Crippen molar-refractivity contribution in [1.29, 1.82) is 10.5 Å². The summed E-state index contributed by atoms with van der Waals surface area (Å²) in [6, 6.07) is 142. The maximum absolute atomic E-state index is 11.2. The van der Waals surface area contributed by atoms with Crippen molar-refractivity contribution in [1.82, 2.24) is 36.5 Å². The van der Waals surface area contributed by atoms with Crippen molar-refractivity contribution < 1.29 is 0 Å². The molecule has 137 heavy (non-hydrogen) atoms. The molecule has 0 saturated carbocycles. The summed E-state index contributed by atoms with van der Waals surface area (Å²) < 4.78 is 19.2. The SMILES string of the molecule is C.CC(C)(C)c1ccc2c(c1)c1cc(C(C)(C)C)ccc1n2-c1cc(-n2c3ccccc3c3c2ccc2c4ccc5c(c6ccccc6n5-c5ccccc5)c4n(-c4ccccc4)c23)ccc1C#N.CC(C)(C)c1ccc2c(c1)c1cc(C(C)(C)C)ccc1n2-c1ccc(-n2c3ccccc3c3c2ccc2c4ccc5c(c6ccccc6n5-c5ccccc5)c4n(-c4ccccc4)c23)c(C#N)c1. The molecule has 26 rings (SSSR count). The van der Waals surface area contributed by atoms with Crippen LogP contribution in [0.2, 0.25) is 0 Å². The Morgan fingerprint density at radius 2 is 0.416 bits per heavy atom. The molecule has 0 aliphatic carbocycles. The fraction of sp³-hybridized carbons (Fsp3) is 0.134. The van der Waals surface area contributed by atoms with E-state index in [0.29, 0.717) is 11.1 Å². The lowest BCUT2D eigenvalue weighted by atomic mass is 9.85. The van der Waals surface area contributed by atoms with E-state index in [1.54, 1.807) is 0 Å². The van der Waals surface area contributed by atoms with Gasteiger partial charge in [-0.25, -0.2) is 0 Å². The molecule has 0 aliphatic heterocycles. The van der Waals surface area contributed by atoms with Crippen LogP contribution in [0.25, 0.3) is 220 Å². The summed E-state index contributed by atoms with van der Waals surface area (Å²) in [7, 11) is 0. The Bertz CT molecular complexity index is 9500. The lowest BCUT2D eigenvalue weighted by Crippen LogP contribution is -2.10. The maximum Gasteiger partial charge on any atom is 0.101 e.